The maximum Gasteiger partial charge on any atom is 0.126 e. The van der Waals surface area contributed by atoms with Gasteiger partial charge in [0.2, 0.25) is 0 Å². The number of methoxy groups -OCH3 is 1. The lowest BCUT2D eigenvalue weighted by Crippen LogP contribution is -2.03. The van der Waals surface area contributed by atoms with Crippen molar-refractivity contribution in [1.82, 2.24) is 0 Å². The quantitative estimate of drug-likeness (QED) is 0.844. The molecule has 0 atom stereocenters. The van der Waals surface area contributed by atoms with E-state index in [4.69, 9.17) is 16.3 Å². The van der Waals surface area contributed by atoms with E-state index >= 15 is 0 Å². The van der Waals surface area contributed by atoms with Gasteiger partial charge >= 0.3 is 0 Å². The number of aryl methyl sites for hydroxylation is 1. The van der Waals surface area contributed by atoms with Crippen molar-refractivity contribution in [3.8, 4) is 11.5 Å². The second kappa shape index (κ2) is 5.54. The SMILES string of the molecule is C=C1C=C(c2cc(C)c(OC)cc2O)Cc2c(Cl)cccc21. The first kappa shape index (κ1) is 14.7. The normalized spacial score (nSPS) is 13.6. The molecule has 0 fully saturated rings. The third-order valence-electron chi connectivity index (χ3n) is 4.04. The highest BCUT2D eigenvalue weighted by Gasteiger charge is 2.20. The van der Waals surface area contributed by atoms with E-state index in [1.54, 1.807) is 13.2 Å². The highest BCUT2D eigenvalue weighted by molar-refractivity contribution is 6.31. The van der Waals surface area contributed by atoms with Crippen LogP contribution >= 0.6 is 11.6 Å². The van der Waals surface area contributed by atoms with Gasteiger partial charge in [-0.1, -0.05) is 36.4 Å². The fraction of sp³-hybridized carbons (Fsp3) is 0.158. The Bertz CT molecular complexity index is 803. The van der Waals surface area contributed by atoms with Gasteiger partial charge in [-0.25, -0.2) is 0 Å². The molecule has 22 heavy (non-hydrogen) atoms. The highest BCUT2D eigenvalue weighted by Crippen LogP contribution is 2.40. The minimum absolute atomic E-state index is 0.206. The Morgan fingerprint density at radius 2 is 2.00 bits per heavy atom. The van der Waals surface area contributed by atoms with Crippen LogP contribution in [-0.4, -0.2) is 12.2 Å². The van der Waals surface area contributed by atoms with Crippen molar-refractivity contribution in [2.75, 3.05) is 7.11 Å². The van der Waals surface area contributed by atoms with Crippen molar-refractivity contribution in [3.05, 3.63) is 70.3 Å². The molecule has 0 aliphatic heterocycles. The summed E-state index contributed by atoms with van der Waals surface area (Å²) >= 11 is 6.33. The van der Waals surface area contributed by atoms with Gasteiger partial charge in [0, 0.05) is 23.1 Å². The third kappa shape index (κ3) is 2.40. The third-order valence-corrected chi connectivity index (χ3v) is 4.39. The summed E-state index contributed by atoms with van der Waals surface area (Å²) in [6.45, 7) is 6.08. The first-order chi connectivity index (χ1) is 10.5. The van der Waals surface area contributed by atoms with Gasteiger partial charge in [-0.2, -0.15) is 0 Å². The number of phenolic OH excluding ortho intramolecular Hbond substituents is 1. The Hall–Kier alpha value is -2.19. The zero-order valence-electron chi connectivity index (χ0n) is 12.6. The molecule has 0 amide bonds. The molecule has 0 heterocycles. The van der Waals surface area contributed by atoms with Crippen LogP contribution in [-0.2, 0) is 6.42 Å². The molecule has 3 heteroatoms. The Balaban J connectivity index is 2.10. The maximum atomic E-state index is 10.3. The molecule has 1 N–H and O–H groups in total. The minimum Gasteiger partial charge on any atom is -0.507 e. The van der Waals surface area contributed by atoms with E-state index < -0.39 is 0 Å². The summed E-state index contributed by atoms with van der Waals surface area (Å²) in [5.41, 5.74) is 5.82. The Morgan fingerprint density at radius 3 is 2.73 bits per heavy atom. The van der Waals surface area contributed by atoms with E-state index in [0.29, 0.717) is 12.2 Å². The molecular formula is C19H17ClO2. The number of rotatable bonds is 2. The summed E-state index contributed by atoms with van der Waals surface area (Å²) < 4.78 is 5.25. The van der Waals surface area contributed by atoms with Gasteiger partial charge < -0.3 is 9.84 Å². The van der Waals surface area contributed by atoms with Crippen LogP contribution in [0.1, 0.15) is 22.3 Å². The van der Waals surface area contributed by atoms with Crippen LogP contribution in [0.2, 0.25) is 5.02 Å². The van der Waals surface area contributed by atoms with Gasteiger partial charge in [0.25, 0.3) is 0 Å². The van der Waals surface area contributed by atoms with Crippen LogP contribution in [0.4, 0.5) is 0 Å². The number of benzene rings is 2. The lowest BCUT2D eigenvalue weighted by molar-refractivity contribution is 0.404. The number of phenols is 1. The number of ether oxygens (including phenoxy) is 1. The Kier molecular flexibility index (Phi) is 3.71. The molecule has 0 saturated heterocycles. The monoisotopic (exact) mass is 312 g/mol. The molecule has 3 rings (SSSR count). The first-order valence-corrected chi connectivity index (χ1v) is 7.44. The van der Waals surface area contributed by atoms with Gasteiger partial charge in [-0.15, -0.1) is 0 Å². The number of allylic oxidation sites excluding steroid dienone is 3. The van der Waals surface area contributed by atoms with Crippen molar-refractivity contribution in [2.45, 2.75) is 13.3 Å². The number of fused-ring (bicyclic) bond motifs is 1. The van der Waals surface area contributed by atoms with Crippen LogP contribution in [0.15, 0.2) is 43.0 Å². The number of hydrogen-bond acceptors (Lipinski definition) is 2. The van der Waals surface area contributed by atoms with Gasteiger partial charge in [-0.3, -0.25) is 0 Å². The van der Waals surface area contributed by atoms with Crippen molar-refractivity contribution in [2.24, 2.45) is 0 Å². The average molecular weight is 313 g/mol. The zero-order chi connectivity index (χ0) is 15.9. The van der Waals surface area contributed by atoms with Crippen molar-refractivity contribution < 1.29 is 9.84 Å². The largest absolute Gasteiger partial charge is 0.507 e. The highest BCUT2D eigenvalue weighted by atomic mass is 35.5. The summed E-state index contributed by atoms with van der Waals surface area (Å²) in [5, 5.41) is 11.0. The van der Waals surface area contributed by atoms with Gasteiger partial charge in [0.15, 0.2) is 0 Å². The van der Waals surface area contributed by atoms with Crippen molar-refractivity contribution in [3.63, 3.8) is 0 Å². The summed E-state index contributed by atoms with van der Waals surface area (Å²) in [6.07, 6.45) is 2.69. The van der Waals surface area contributed by atoms with Crippen LogP contribution in [0.5, 0.6) is 11.5 Å². The fourth-order valence-corrected chi connectivity index (χ4v) is 3.14. The van der Waals surface area contributed by atoms with E-state index in [0.717, 1.165) is 38.4 Å². The van der Waals surface area contributed by atoms with Crippen molar-refractivity contribution >= 4 is 22.7 Å². The molecular weight excluding hydrogens is 296 g/mol. The second-order valence-electron chi connectivity index (χ2n) is 5.48. The van der Waals surface area contributed by atoms with E-state index in [1.807, 2.05) is 37.3 Å². The van der Waals surface area contributed by atoms with Gasteiger partial charge in [0.05, 0.1) is 7.11 Å². The van der Waals surface area contributed by atoms with Crippen LogP contribution in [0, 0.1) is 6.92 Å². The zero-order valence-corrected chi connectivity index (χ0v) is 13.4. The molecule has 0 aromatic heterocycles. The smallest absolute Gasteiger partial charge is 0.126 e. The molecule has 0 bridgehead atoms. The molecule has 112 valence electrons. The molecule has 1 aliphatic rings. The minimum atomic E-state index is 0.206. The van der Waals surface area contributed by atoms with Crippen LogP contribution in [0.3, 0.4) is 0 Å². The van der Waals surface area contributed by atoms with E-state index in [1.165, 1.54) is 0 Å². The summed E-state index contributed by atoms with van der Waals surface area (Å²) in [5.74, 6) is 0.881. The molecule has 2 aromatic carbocycles. The Labute approximate surface area is 135 Å². The predicted octanol–water partition coefficient (Wildman–Crippen LogP) is 5.02. The maximum absolute atomic E-state index is 10.3. The number of hydrogen-bond donors (Lipinski definition) is 1. The molecule has 0 spiro atoms. The predicted molar refractivity (Wildman–Crippen MR) is 91.6 cm³/mol. The standard InChI is InChI=1S/C19H17ClO2/c1-11-7-13(9-16-14(11)5-4-6-17(16)20)15-8-12(2)19(22-3)10-18(15)21/h4-8,10,21H,1,9H2,2-3H3. The molecule has 0 radical (unpaired) electrons. The Morgan fingerprint density at radius 1 is 1.23 bits per heavy atom. The molecule has 0 saturated carbocycles. The van der Waals surface area contributed by atoms with Crippen LogP contribution < -0.4 is 4.74 Å². The molecule has 0 unspecified atom stereocenters. The van der Waals surface area contributed by atoms with E-state index in [9.17, 15) is 5.11 Å². The number of aromatic hydroxyl groups is 1. The molecule has 2 aromatic rings. The number of halogens is 1. The lowest BCUT2D eigenvalue weighted by Gasteiger charge is -2.21. The summed E-state index contributed by atoms with van der Waals surface area (Å²) in [4.78, 5) is 0. The fourth-order valence-electron chi connectivity index (χ4n) is 2.90. The van der Waals surface area contributed by atoms with Gasteiger partial charge in [-0.05, 0) is 46.9 Å². The first-order valence-electron chi connectivity index (χ1n) is 7.06. The second-order valence-corrected chi connectivity index (χ2v) is 5.88. The van der Waals surface area contributed by atoms with Gasteiger partial charge in [0.1, 0.15) is 11.5 Å². The summed E-state index contributed by atoms with van der Waals surface area (Å²) in [7, 11) is 1.60. The van der Waals surface area contributed by atoms with E-state index in [2.05, 4.69) is 6.58 Å². The molecule has 2 nitrogen and oxygen atoms in total. The topological polar surface area (TPSA) is 29.5 Å². The average Bonchev–Trinajstić information content (AvgIpc) is 2.50. The summed E-state index contributed by atoms with van der Waals surface area (Å²) in [6, 6.07) is 9.43. The molecule has 1 aliphatic carbocycles. The van der Waals surface area contributed by atoms with Crippen LogP contribution in [0.25, 0.3) is 11.1 Å². The lowest BCUT2D eigenvalue weighted by atomic mass is 9.85. The van der Waals surface area contributed by atoms with Crippen molar-refractivity contribution in [1.29, 1.82) is 0 Å². The van der Waals surface area contributed by atoms with E-state index in [-0.39, 0.29) is 5.75 Å².